The van der Waals surface area contributed by atoms with Crippen molar-refractivity contribution < 1.29 is 4.74 Å². The summed E-state index contributed by atoms with van der Waals surface area (Å²) in [5, 5.41) is 0. The molecule has 152 valence electrons. The van der Waals surface area contributed by atoms with E-state index in [1.165, 1.54) is 50.8 Å². The van der Waals surface area contributed by atoms with Crippen LogP contribution in [0.4, 0.5) is 0 Å². The number of hydrogen-bond acceptors (Lipinski definition) is 3. The summed E-state index contributed by atoms with van der Waals surface area (Å²) in [6.07, 6.45) is 10.7. The zero-order valence-corrected chi connectivity index (χ0v) is 17.7. The number of hydrogen-bond donors (Lipinski definition) is 0. The van der Waals surface area contributed by atoms with Gasteiger partial charge in [0.15, 0.2) is 0 Å². The van der Waals surface area contributed by atoms with Crippen molar-refractivity contribution in [3.8, 4) is 0 Å². The molecule has 0 aromatic rings. The van der Waals surface area contributed by atoms with Crippen molar-refractivity contribution in [2.75, 3.05) is 6.54 Å². The first-order valence-corrected chi connectivity index (χ1v) is 11.8. The van der Waals surface area contributed by atoms with Crippen molar-refractivity contribution in [1.29, 1.82) is 0 Å². The number of nitrogens with zero attached hydrogens (tertiary/aromatic N) is 3. The van der Waals surface area contributed by atoms with E-state index in [1.807, 2.05) is 0 Å². The second-order valence-corrected chi connectivity index (χ2v) is 11.9. The summed E-state index contributed by atoms with van der Waals surface area (Å²) in [5.74, 6) is 4.42. The molecule has 7 rings (SSSR count). The van der Waals surface area contributed by atoms with Crippen molar-refractivity contribution in [1.82, 2.24) is 9.80 Å². The molecule has 0 aromatic carbocycles. The highest BCUT2D eigenvalue weighted by Gasteiger charge is 2.79. The average Bonchev–Trinajstić information content (AvgIpc) is 2.98. The standard InChI is InChI=1S/C24H35N3O/c1-13(2)25-22(27-19-8-17-10-24(19)20(27)9-21(24)28-17)12-26-18(11-23(26,3)4)16-6-14-5-15(14)7-16/h14-21H,1,5-12H2,2-4H3/b25-22+. The zero-order chi connectivity index (χ0) is 19.0. The van der Waals surface area contributed by atoms with E-state index in [4.69, 9.17) is 9.73 Å². The normalized spacial score (nSPS) is 54.5. The predicted octanol–water partition coefficient (Wildman–Crippen LogP) is 3.82. The Morgan fingerprint density at radius 1 is 1.04 bits per heavy atom. The fourth-order valence-electron chi connectivity index (χ4n) is 8.69. The van der Waals surface area contributed by atoms with E-state index in [0.717, 1.165) is 36.0 Å². The van der Waals surface area contributed by atoms with E-state index in [0.29, 0.717) is 35.2 Å². The van der Waals surface area contributed by atoms with Gasteiger partial charge in [-0.2, -0.15) is 0 Å². The number of amidine groups is 1. The number of ether oxygens (including phenoxy) is 1. The molecule has 0 N–H and O–H groups in total. The van der Waals surface area contributed by atoms with Crippen LogP contribution in [0.1, 0.15) is 65.7 Å². The minimum Gasteiger partial charge on any atom is -0.374 e. The van der Waals surface area contributed by atoms with Gasteiger partial charge in [-0.3, -0.25) is 4.90 Å². The predicted molar refractivity (Wildman–Crippen MR) is 110 cm³/mol. The van der Waals surface area contributed by atoms with Crippen molar-refractivity contribution in [3.63, 3.8) is 0 Å². The van der Waals surface area contributed by atoms with Crippen molar-refractivity contribution in [2.45, 2.75) is 102 Å². The number of likely N-dealkylation sites (tertiary alicyclic amines) is 2. The molecule has 0 amide bonds. The molecule has 0 aromatic heterocycles. The van der Waals surface area contributed by atoms with E-state index < -0.39 is 0 Å². The van der Waals surface area contributed by atoms with Gasteiger partial charge in [-0.15, -0.1) is 0 Å². The number of allylic oxidation sites excluding steroid dienone is 1. The molecule has 3 aliphatic heterocycles. The van der Waals surface area contributed by atoms with Crippen LogP contribution in [-0.2, 0) is 4.74 Å². The number of rotatable bonds is 4. The maximum Gasteiger partial charge on any atom is 0.119 e. The Hall–Kier alpha value is -0.870. The summed E-state index contributed by atoms with van der Waals surface area (Å²) in [7, 11) is 0. The molecule has 7 aliphatic rings. The first kappa shape index (κ1) is 16.9. The molecule has 4 aliphatic carbocycles. The minimum atomic E-state index is 0.315. The topological polar surface area (TPSA) is 28.1 Å². The van der Waals surface area contributed by atoms with Gasteiger partial charge in [-0.1, -0.05) is 6.58 Å². The Labute approximate surface area is 169 Å². The summed E-state index contributed by atoms with van der Waals surface area (Å²) < 4.78 is 6.21. The van der Waals surface area contributed by atoms with Gasteiger partial charge in [0.05, 0.1) is 18.8 Å². The van der Waals surface area contributed by atoms with E-state index in [1.54, 1.807) is 0 Å². The van der Waals surface area contributed by atoms with Crippen LogP contribution >= 0.6 is 0 Å². The highest BCUT2D eigenvalue weighted by Crippen LogP contribution is 2.71. The second kappa shape index (κ2) is 5.06. The summed E-state index contributed by atoms with van der Waals surface area (Å²) in [5.41, 5.74) is 1.77. The molecular formula is C24H35N3O. The van der Waals surface area contributed by atoms with Crippen LogP contribution in [0.25, 0.3) is 0 Å². The summed E-state index contributed by atoms with van der Waals surface area (Å²) in [6, 6.07) is 2.16. The lowest BCUT2D eigenvalue weighted by Gasteiger charge is -2.72. The van der Waals surface area contributed by atoms with Crippen LogP contribution in [0.2, 0.25) is 0 Å². The maximum atomic E-state index is 6.21. The van der Waals surface area contributed by atoms with E-state index in [2.05, 4.69) is 37.1 Å². The molecule has 4 heteroatoms. The fourth-order valence-corrected chi connectivity index (χ4v) is 8.69. The minimum absolute atomic E-state index is 0.315. The summed E-state index contributed by atoms with van der Waals surface area (Å²) in [6.45, 7) is 12.1. The van der Waals surface area contributed by atoms with Crippen LogP contribution in [0.15, 0.2) is 17.3 Å². The Balaban J connectivity index is 1.14. The van der Waals surface area contributed by atoms with Gasteiger partial charge in [0.1, 0.15) is 5.84 Å². The SMILES string of the molecule is C=C(C)/N=C(\CN1C(C2CC3CC3C2)CC1(C)C)N1C2CC3CC24C(CC14)O3. The molecule has 4 nitrogen and oxygen atoms in total. The average molecular weight is 382 g/mol. The van der Waals surface area contributed by atoms with Crippen LogP contribution in [0.3, 0.4) is 0 Å². The Morgan fingerprint density at radius 3 is 2.43 bits per heavy atom. The molecule has 4 saturated carbocycles. The Kier molecular flexibility index (Phi) is 3.05. The van der Waals surface area contributed by atoms with Gasteiger partial charge in [0.25, 0.3) is 0 Å². The first-order valence-electron chi connectivity index (χ1n) is 11.8. The van der Waals surface area contributed by atoms with Gasteiger partial charge in [0.2, 0.25) is 0 Å². The largest absolute Gasteiger partial charge is 0.374 e. The highest BCUT2D eigenvalue weighted by molar-refractivity contribution is 5.88. The Bertz CT molecular complexity index is 779. The number of fused-ring (bicyclic) bond motifs is 2. The van der Waals surface area contributed by atoms with Crippen molar-refractivity contribution in [3.05, 3.63) is 12.3 Å². The highest BCUT2D eigenvalue weighted by atomic mass is 16.5. The fraction of sp³-hybridized carbons (Fsp3) is 0.875. The van der Waals surface area contributed by atoms with Crippen molar-refractivity contribution in [2.24, 2.45) is 28.2 Å². The lowest BCUT2D eigenvalue weighted by atomic mass is 9.51. The molecule has 7 fully saturated rings. The third kappa shape index (κ3) is 1.93. The van der Waals surface area contributed by atoms with Gasteiger partial charge in [-0.05, 0) is 83.5 Å². The lowest BCUT2D eigenvalue weighted by molar-refractivity contribution is -0.241. The van der Waals surface area contributed by atoms with E-state index in [9.17, 15) is 0 Å². The van der Waals surface area contributed by atoms with Crippen LogP contribution in [0.5, 0.6) is 0 Å². The second-order valence-electron chi connectivity index (χ2n) is 11.9. The van der Waals surface area contributed by atoms with Gasteiger partial charge >= 0.3 is 0 Å². The molecule has 3 heterocycles. The van der Waals surface area contributed by atoms with E-state index in [-0.39, 0.29) is 0 Å². The van der Waals surface area contributed by atoms with Crippen LogP contribution in [0, 0.1) is 23.2 Å². The lowest BCUT2D eigenvalue weighted by Crippen LogP contribution is -2.83. The van der Waals surface area contributed by atoms with Crippen LogP contribution < -0.4 is 0 Å². The molecule has 2 bridgehead atoms. The van der Waals surface area contributed by atoms with Gasteiger partial charge in [-0.25, -0.2) is 4.99 Å². The Morgan fingerprint density at radius 2 is 1.75 bits per heavy atom. The summed E-state index contributed by atoms with van der Waals surface area (Å²) in [4.78, 5) is 10.6. The molecule has 1 spiro atoms. The maximum absolute atomic E-state index is 6.21. The third-order valence-corrected chi connectivity index (χ3v) is 10.0. The van der Waals surface area contributed by atoms with Crippen LogP contribution in [-0.4, -0.2) is 58.1 Å². The third-order valence-electron chi connectivity index (χ3n) is 10.0. The molecule has 0 radical (unpaired) electrons. The smallest absolute Gasteiger partial charge is 0.119 e. The first-order chi connectivity index (χ1) is 13.4. The number of piperidine rings is 1. The summed E-state index contributed by atoms with van der Waals surface area (Å²) >= 11 is 0. The van der Waals surface area contributed by atoms with Gasteiger partial charge in [0, 0.05) is 34.8 Å². The van der Waals surface area contributed by atoms with E-state index >= 15 is 0 Å². The molecule has 3 saturated heterocycles. The zero-order valence-electron chi connectivity index (χ0n) is 17.7. The monoisotopic (exact) mass is 381 g/mol. The molecular weight excluding hydrogens is 346 g/mol. The molecule has 8 unspecified atom stereocenters. The molecule has 28 heavy (non-hydrogen) atoms. The quantitative estimate of drug-likeness (QED) is 0.547. The van der Waals surface area contributed by atoms with Crippen molar-refractivity contribution >= 4 is 5.84 Å². The molecule has 8 atom stereocenters. The number of aliphatic imine (C=N–C) groups is 1. The van der Waals surface area contributed by atoms with Gasteiger partial charge < -0.3 is 9.64 Å².